The standard InChI is InChI=1S/C21H26N4O2S/c1-4-19-22-20(18-5-10-28-21(18)23-19)25-8-6-24(7-9-25)14-15-11-16(26-2)13-17(12-15)27-3/h5,10-13H,4,6-9,14H2,1-3H3. The molecule has 0 N–H and O–H groups in total. The maximum atomic E-state index is 5.40. The lowest BCUT2D eigenvalue weighted by Gasteiger charge is -2.35. The van der Waals surface area contributed by atoms with E-state index in [2.05, 4.69) is 45.3 Å². The van der Waals surface area contributed by atoms with Crippen LogP contribution < -0.4 is 14.4 Å². The normalized spacial score (nSPS) is 15.2. The summed E-state index contributed by atoms with van der Waals surface area (Å²) < 4.78 is 10.8. The third kappa shape index (κ3) is 3.91. The smallest absolute Gasteiger partial charge is 0.141 e. The molecule has 1 aliphatic rings. The topological polar surface area (TPSA) is 50.7 Å². The van der Waals surface area contributed by atoms with Gasteiger partial charge in [-0.05, 0) is 29.1 Å². The Morgan fingerprint density at radius 1 is 1.00 bits per heavy atom. The van der Waals surface area contributed by atoms with Crippen molar-refractivity contribution in [2.75, 3.05) is 45.3 Å². The van der Waals surface area contributed by atoms with E-state index in [1.807, 2.05) is 6.07 Å². The molecule has 1 saturated heterocycles. The van der Waals surface area contributed by atoms with E-state index in [0.717, 1.165) is 67.1 Å². The fourth-order valence-electron chi connectivity index (χ4n) is 3.62. The molecule has 6 nitrogen and oxygen atoms in total. The zero-order valence-corrected chi connectivity index (χ0v) is 17.5. The molecule has 0 spiro atoms. The SMILES string of the molecule is CCc1nc(N2CCN(Cc3cc(OC)cc(OC)c3)CC2)c2ccsc2n1. The van der Waals surface area contributed by atoms with E-state index in [0.29, 0.717) is 0 Å². The Kier molecular flexibility index (Phi) is 5.64. The highest BCUT2D eigenvalue weighted by molar-refractivity contribution is 7.16. The van der Waals surface area contributed by atoms with Crippen molar-refractivity contribution in [3.8, 4) is 11.5 Å². The minimum Gasteiger partial charge on any atom is -0.497 e. The van der Waals surface area contributed by atoms with E-state index >= 15 is 0 Å². The predicted molar refractivity (Wildman–Crippen MR) is 114 cm³/mol. The second kappa shape index (κ2) is 8.32. The molecule has 1 aliphatic heterocycles. The number of benzene rings is 1. The highest BCUT2D eigenvalue weighted by Crippen LogP contribution is 2.29. The van der Waals surface area contributed by atoms with Crippen molar-refractivity contribution in [3.05, 3.63) is 41.0 Å². The van der Waals surface area contributed by atoms with Gasteiger partial charge in [0.2, 0.25) is 0 Å². The molecule has 1 aromatic carbocycles. The van der Waals surface area contributed by atoms with Gasteiger partial charge in [0, 0.05) is 45.2 Å². The molecule has 2 aromatic heterocycles. The minimum absolute atomic E-state index is 0.834. The van der Waals surface area contributed by atoms with Crippen LogP contribution in [0.3, 0.4) is 0 Å². The highest BCUT2D eigenvalue weighted by Gasteiger charge is 2.21. The number of hydrogen-bond donors (Lipinski definition) is 0. The monoisotopic (exact) mass is 398 g/mol. The largest absolute Gasteiger partial charge is 0.497 e. The van der Waals surface area contributed by atoms with E-state index in [4.69, 9.17) is 14.5 Å². The quantitative estimate of drug-likeness (QED) is 0.632. The molecule has 148 valence electrons. The fourth-order valence-corrected chi connectivity index (χ4v) is 4.39. The summed E-state index contributed by atoms with van der Waals surface area (Å²) in [5, 5.41) is 3.28. The lowest BCUT2D eigenvalue weighted by atomic mass is 10.1. The number of aryl methyl sites for hydroxylation is 1. The molecule has 0 atom stereocenters. The van der Waals surface area contributed by atoms with Crippen LogP contribution in [0.25, 0.3) is 10.2 Å². The number of rotatable bonds is 6. The van der Waals surface area contributed by atoms with Crippen LogP contribution in [0.4, 0.5) is 5.82 Å². The highest BCUT2D eigenvalue weighted by atomic mass is 32.1. The summed E-state index contributed by atoms with van der Waals surface area (Å²) in [6, 6.07) is 8.22. The minimum atomic E-state index is 0.834. The van der Waals surface area contributed by atoms with Gasteiger partial charge in [-0.25, -0.2) is 9.97 Å². The third-order valence-corrected chi connectivity index (χ3v) is 5.96. The van der Waals surface area contributed by atoms with Crippen LogP contribution in [-0.2, 0) is 13.0 Å². The van der Waals surface area contributed by atoms with Gasteiger partial charge in [0.1, 0.15) is 28.0 Å². The van der Waals surface area contributed by atoms with Crippen molar-refractivity contribution in [2.24, 2.45) is 0 Å². The number of anilines is 1. The first kappa shape index (κ1) is 19.0. The first-order chi connectivity index (χ1) is 13.7. The first-order valence-electron chi connectivity index (χ1n) is 9.63. The van der Waals surface area contributed by atoms with Gasteiger partial charge in [-0.1, -0.05) is 6.92 Å². The molecule has 0 saturated carbocycles. The van der Waals surface area contributed by atoms with Crippen molar-refractivity contribution >= 4 is 27.4 Å². The summed E-state index contributed by atoms with van der Waals surface area (Å²) in [6.07, 6.45) is 0.860. The lowest BCUT2D eigenvalue weighted by molar-refractivity contribution is 0.248. The average molecular weight is 399 g/mol. The van der Waals surface area contributed by atoms with E-state index in [9.17, 15) is 0 Å². The van der Waals surface area contributed by atoms with Crippen molar-refractivity contribution < 1.29 is 9.47 Å². The second-order valence-electron chi connectivity index (χ2n) is 6.94. The second-order valence-corrected chi connectivity index (χ2v) is 7.84. The zero-order chi connectivity index (χ0) is 19.5. The molecule has 1 fully saturated rings. The van der Waals surface area contributed by atoms with E-state index in [1.165, 1.54) is 10.9 Å². The average Bonchev–Trinajstić information content (AvgIpc) is 3.22. The van der Waals surface area contributed by atoms with Gasteiger partial charge in [-0.3, -0.25) is 4.90 Å². The summed E-state index contributed by atoms with van der Waals surface area (Å²) in [5.41, 5.74) is 1.21. The number of ether oxygens (including phenoxy) is 2. The molecule has 7 heteroatoms. The van der Waals surface area contributed by atoms with Crippen LogP contribution in [-0.4, -0.2) is 55.3 Å². The van der Waals surface area contributed by atoms with Gasteiger partial charge in [0.05, 0.1) is 19.6 Å². The van der Waals surface area contributed by atoms with Crippen LogP contribution in [0.5, 0.6) is 11.5 Å². The molecule has 0 amide bonds. The molecule has 3 heterocycles. The molecule has 0 bridgehead atoms. The fraction of sp³-hybridized carbons (Fsp3) is 0.429. The third-order valence-electron chi connectivity index (χ3n) is 5.16. The Hall–Kier alpha value is -2.38. The van der Waals surface area contributed by atoms with Gasteiger partial charge in [-0.2, -0.15) is 0 Å². The number of methoxy groups -OCH3 is 2. The number of hydrogen-bond acceptors (Lipinski definition) is 7. The molecule has 3 aromatic rings. The Morgan fingerprint density at radius 2 is 1.71 bits per heavy atom. The molecular formula is C21H26N4O2S. The van der Waals surface area contributed by atoms with Crippen LogP contribution in [0, 0.1) is 0 Å². The molecule has 28 heavy (non-hydrogen) atoms. The van der Waals surface area contributed by atoms with Gasteiger partial charge in [0.15, 0.2) is 0 Å². The van der Waals surface area contributed by atoms with E-state index in [1.54, 1.807) is 25.6 Å². The van der Waals surface area contributed by atoms with Crippen molar-refractivity contribution in [3.63, 3.8) is 0 Å². The van der Waals surface area contributed by atoms with Crippen LogP contribution in [0.1, 0.15) is 18.3 Å². The Labute approximate surface area is 169 Å². The van der Waals surface area contributed by atoms with Crippen molar-refractivity contribution in [1.82, 2.24) is 14.9 Å². The first-order valence-corrected chi connectivity index (χ1v) is 10.5. The maximum Gasteiger partial charge on any atom is 0.141 e. The van der Waals surface area contributed by atoms with Gasteiger partial charge in [-0.15, -0.1) is 11.3 Å². The van der Waals surface area contributed by atoms with Crippen LogP contribution in [0.15, 0.2) is 29.6 Å². The van der Waals surface area contributed by atoms with Gasteiger partial charge < -0.3 is 14.4 Å². The van der Waals surface area contributed by atoms with Gasteiger partial charge in [0.25, 0.3) is 0 Å². The molecule has 4 rings (SSSR count). The van der Waals surface area contributed by atoms with Crippen molar-refractivity contribution in [2.45, 2.75) is 19.9 Å². The Bertz CT molecular complexity index is 928. The summed E-state index contributed by atoms with van der Waals surface area (Å²) in [6.45, 7) is 6.92. The van der Waals surface area contributed by atoms with Crippen LogP contribution in [0.2, 0.25) is 0 Å². The number of thiophene rings is 1. The summed E-state index contributed by atoms with van der Waals surface area (Å²) >= 11 is 1.69. The number of aromatic nitrogens is 2. The summed E-state index contributed by atoms with van der Waals surface area (Å²) in [5.74, 6) is 3.68. The zero-order valence-electron chi connectivity index (χ0n) is 16.6. The summed E-state index contributed by atoms with van der Waals surface area (Å²) in [7, 11) is 3.38. The predicted octanol–water partition coefficient (Wildman–Crippen LogP) is 3.59. The lowest BCUT2D eigenvalue weighted by Crippen LogP contribution is -2.46. The maximum absolute atomic E-state index is 5.40. The molecule has 0 radical (unpaired) electrons. The number of nitrogens with zero attached hydrogens (tertiary/aromatic N) is 4. The molecule has 0 aliphatic carbocycles. The number of fused-ring (bicyclic) bond motifs is 1. The summed E-state index contributed by atoms with van der Waals surface area (Å²) in [4.78, 5) is 15.5. The van der Waals surface area contributed by atoms with Gasteiger partial charge >= 0.3 is 0 Å². The number of piperazine rings is 1. The van der Waals surface area contributed by atoms with E-state index in [-0.39, 0.29) is 0 Å². The van der Waals surface area contributed by atoms with Crippen LogP contribution >= 0.6 is 11.3 Å². The molecule has 0 unspecified atom stereocenters. The Morgan fingerprint density at radius 3 is 2.36 bits per heavy atom. The van der Waals surface area contributed by atoms with Crippen molar-refractivity contribution in [1.29, 1.82) is 0 Å². The van der Waals surface area contributed by atoms with E-state index < -0.39 is 0 Å². The Balaban J connectivity index is 1.46. The molecular weight excluding hydrogens is 372 g/mol.